The molecule has 0 saturated carbocycles. The van der Waals surface area contributed by atoms with Gasteiger partial charge in [0.1, 0.15) is 5.75 Å². The van der Waals surface area contributed by atoms with E-state index in [1.54, 1.807) is 7.11 Å². The minimum atomic E-state index is -0.289. The van der Waals surface area contributed by atoms with E-state index in [1.165, 1.54) is 5.56 Å². The van der Waals surface area contributed by atoms with Crippen LogP contribution in [-0.4, -0.2) is 24.9 Å². The van der Waals surface area contributed by atoms with Crippen LogP contribution in [0.5, 0.6) is 5.75 Å². The SMILES string of the molecule is CCC(CC)C(O)CNC(C)c1cc(C)ccc1OC. The van der Waals surface area contributed by atoms with Gasteiger partial charge in [-0.1, -0.05) is 44.4 Å². The fourth-order valence-corrected chi connectivity index (χ4v) is 2.60. The van der Waals surface area contributed by atoms with Gasteiger partial charge in [-0.3, -0.25) is 0 Å². The van der Waals surface area contributed by atoms with E-state index < -0.39 is 0 Å². The molecule has 3 heteroatoms. The predicted molar refractivity (Wildman–Crippen MR) is 84.2 cm³/mol. The summed E-state index contributed by atoms with van der Waals surface area (Å²) in [5, 5.41) is 13.6. The number of aliphatic hydroxyl groups is 1. The molecule has 0 saturated heterocycles. The highest BCUT2D eigenvalue weighted by Gasteiger charge is 2.17. The summed E-state index contributed by atoms with van der Waals surface area (Å²) >= 11 is 0. The monoisotopic (exact) mass is 279 g/mol. The summed E-state index contributed by atoms with van der Waals surface area (Å²) in [7, 11) is 1.69. The molecule has 0 aromatic heterocycles. The zero-order chi connectivity index (χ0) is 15.1. The standard InChI is InChI=1S/C17H29NO2/c1-6-14(7-2)16(19)11-18-13(4)15-10-12(3)8-9-17(15)20-5/h8-10,13-14,16,18-19H,6-7,11H2,1-5H3. The second-order valence-electron chi connectivity index (χ2n) is 5.52. The Morgan fingerprint density at radius 1 is 1.25 bits per heavy atom. The highest BCUT2D eigenvalue weighted by Crippen LogP contribution is 2.26. The fraction of sp³-hybridized carbons (Fsp3) is 0.647. The highest BCUT2D eigenvalue weighted by atomic mass is 16.5. The number of aliphatic hydroxyl groups excluding tert-OH is 1. The van der Waals surface area contributed by atoms with Gasteiger partial charge in [0, 0.05) is 18.2 Å². The average Bonchev–Trinajstić information content (AvgIpc) is 2.46. The number of hydrogen-bond donors (Lipinski definition) is 2. The molecule has 0 amide bonds. The third-order valence-corrected chi connectivity index (χ3v) is 4.08. The lowest BCUT2D eigenvalue weighted by Gasteiger charge is -2.24. The third kappa shape index (κ3) is 4.50. The van der Waals surface area contributed by atoms with Crippen molar-refractivity contribution in [1.82, 2.24) is 5.32 Å². The van der Waals surface area contributed by atoms with Gasteiger partial charge in [0.05, 0.1) is 13.2 Å². The van der Waals surface area contributed by atoms with Gasteiger partial charge in [0.15, 0.2) is 0 Å². The van der Waals surface area contributed by atoms with Crippen molar-refractivity contribution in [2.45, 2.75) is 52.7 Å². The summed E-state index contributed by atoms with van der Waals surface area (Å²) < 4.78 is 5.42. The molecule has 0 aliphatic heterocycles. The van der Waals surface area contributed by atoms with Crippen molar-refractivity contribution >= 4 is 0 Å². The molecule has 0 radical (unpaired) electrons. The number of nitrogens with one attached hydrogen (secondary N) is 1. The van der Waals surface area contributed by atoms with Crippen LogP contribution < -0.4 is 10.1 Å². The summed E-state index contributed by atoms with van der Waals surface area (Å²) in [6.07, 6.45) is 1.74. The van der Waals surface area contributed by atoms with Gasteiger partial charge < -0.3 is 15.2 Å². The van der Waals surface area contributed by atoms with Crippen LogP contribution in [0.4, 0.5) is 0 Å². The lowest BCUT2D eigenvalue weighted by atomic mass is 9.96. The van der Waals surface area contributed by atoms with Crippen molar-refractivity contribution in [3.63, 3.8) is 0 Å². The Hall–Kier alpha value is -1.06. The smallest absolute Gasteiger partial charge is 0.123 e. The first-order valence-electron chi connectivity index (χ1n) is 7.59. The van der Waals surface area contributed by atoms with Crippen LogP contribution >= 0.6 is 0 Å². The molecule has 1 rings (SSSR count). The van der Waals surface area contributed by atoms with E-state index in [-0.39, 0.29) is 12.1 Å². The molecule has 2 N–H and O–H groups in total. The van der Waals surface area contributed by atoms with Crippen LogP contribution in [0.3, 0.4) is 0 Å². The molecule has 0 heterocycles. The van der Waals surface area contributed by atoms with E-state index in [9.17, 15) is 5.11 Å². The van der Waals surface area contributed by atoms with Crippen LogP contribution in [-0.2, 0) is 0 Å². The van der Waals surface area contributed by atoms with E-state index in [1.807, 2.05) is 12.1 Å². The van der Waals surface area contributed by atoms with Crippen molar-refractivity contribution in [3.8, 4) is 5.75 Å². The Morgan fingerprint density at radius 2 is 1.90 bits per heavy atom. The van der Waals surface area contributed by atoms with Crippen molar-refractivity contribution in [2.24, 2.45) is 5.92 Å². The Labute approximate surface area is 123 Å². The molecular formula is C17H29NO2. The van der Waals surface area contributed by atoms with Crippen LogP contribution in [0.25, 0.3) is 0 Å². The van der Waals surface area contributed by atoms with E-state index in [4.69, 9.17) is 4.74 Å². The maximum absolute atomic E-state index is 10.2. The Balaban J connectivity index is 2.67. The van der Waals surface area contributed by atoms with Crippen LogP contribution in [0.2, 0.25) is 0 Å². The maximum atomic E-state index is 10.2. The summed E-state index contributed by atoms with van der Waals surface area (Å²) in [5.74, 6) is 1.27. The summed E-state index contributed by atoms with van der Waals surface area (Å²) in [6.45, 7) is 9.06. The van der Waals surface area contributed by atoms with Crippen molar-refractivity contribution in [2.75, 3.05) is 13.7 Å². The molecule has 3 nitrogen and oxygen atoms in total. The third-order valence-electron chi connectivity index (χ3n) is 4.08. The molecule has 2 atom stereocenters. The largest absolute Gasteiger partial charge is 0.496 e. The molecule has 0 spiro atoms. The second kappa shape index (κ2) is 8.28. The molecule has 114 valence electrons. The zero-order valence-corrected chi connectivity index (χ0v) is 13.4. The van der Waals surface area contributed by atoms with Gasteiger partial charge in [-0.05, 0) is 25.8 Å². The number of methoxy groups -OCH3 is 1. The van der Waals surface area contributed by atoms with Gasteiger partial charge in [0.2, 0.25) is 0 Å². The Kier molecular flexibility index (Phi) is 7.03. The van der Waals surface area contributed by atoms with Crippen molar-refractivity contribution in [3.05, 3.63) is 29.3 Å². The first-order chi connectivity index (χ1) is 9.53. The summed E-state index contributed by atoms with van der Waals surface area (Å²) in [4.78, 5) is 0. The molecule has 20 heavy (non-hydrogen) atoms. The van der Waals surface area contributed by atoms with Gasteiger partial charge in [-0.2, -0.15) is 0 Å². The fourth-order valence-electron chi connectivity index (χ4n) is 2.60. The molecule has 2 unspecified atom stereocenters. The molecule has 0 aliphatic rings. The number of aryl methyl sites for hydroxylation is 1. The van der Waals surface area contributed by atoms with Crippen LogP contribution in [0.15, 0.2) is 18.2 Å². The number of ether oxygens (including phenoxy) is 1. The number of benzene rings is 1. The molecular weight excluding hydrogens is 250 g/mol. The zero-order valence-electron chi connectivity index (χ0n) is 13.4. The predicted octanol–water partition coefficient (Wildman–Crippen LogP) is 3.45. The molecule has 0 fully saturated rings. The summed E-state index contributed by atoms with van der Waals surface area (Å²) in [5.41, 5.74) is 2.36. The Bertz CT molecular complexity index is 402. The quantitative estimate of drug-likeness (QED) is 0.766. The van der Waals surface area contributed by atoms with E-state index in [0.717, 1.165) is 24.2 Å². The van der Waals surface area contributed by atoms with E-state index in [0.29, 0.717) is 12.5 Å². The lowest BCUT2D eigenvalue weighted by Crippen LogP contribution is -2.34. The minimum Gasteiger partial charge on any atom is -0.496 e. The van der Waals surface area contributed by atoms with Gasteiger partial charge in [0.25, 0.3) is 0 Å². The molecule has 0 aliphatic carbocycles. The average molecular weight is 279 g/mol. The van der Waals surface area contributed by atoms with Crippen molar-refractivity contribution < 1.29 is 9.84 Å². The van der Waals surface area contributed by atoms with E-state index >= 15 is 0 Å². The van der Waals surface area contributed by atoms with Gasteiger partial charge in [-0.15, -0.1) is 0 Å². The topological polar surface area (TPSA) is 41.5 Å². The first kappa shape index (κ1) is 17.0. The first-order valence-corrected chi connectivity index (χ1v) is 7.59. The minimum absolute atomic E-state index is 0.161. The molecule has 1 aromatic rings. The Morgan fingerprint density at radius 3 is 2.45 bits per heavy atom. The van der Waals surface area contributed by atoms with Crippen LogP contribution in [0.1, 0.15) is 50.8 Å². The normalized spacial score (nSPS) is 14.3. The highest BCUT2D eigenvalue weighted by molar-refractivity contribution is 5.38. The lowest BCUT2D eigenvalue weighted by molar-refractivity contribution is 0.0988. The van der Waals surface area contributed by atoms with Crippen LogP contribution in [0, 0.1) is 12.8 Å². The maximum Gasteiger partial charge on any atom is 0.123 e. The van der Waals surface area contributed by atoms with Gasteiger partial charge >= 0.3 is 0 Å². The number of hydrogen-bond acceptors (Lipinski definition) is 3. The molecule has 1 aromatic carbocycles. The van der Waals surface area contributed by atoms with Gasteiger partial charge in [-0.25, -0.2) is 0 Å². The second-order valence-corrected chi connectivity index (χ2v) is 5.52. The summed E-state index contributed by atoms with van der Waals surface area (Å²) in [6, 6.07) is 6.35. The number of rotatable bonds is 8. The molecule has 0 bridgehead atoms. The van der Waals surface area contributed by atoms with Crippen molar-refractivity contribution in [1.29, 1.82) is 0 Å². The van der Waals surface area contributed by atoms with E-state index in [2.05, 4.69) is 39.1 Å².